The van der Waals surface area contributed by atoms with Gasteiger partial charge in [-0.3, -0.25) is 14.5 Å². The molecule has 0 aromatic heterocycles. The van der Waals surface area contributed by atoms with Gasteiger partial charge < -0.3 is 15.8 Å². The number of rotatable bonds is 5. The molecule has 126 valence electrons. The number of halogens is 2. The molecule has 1 saturated carbocycles. The van der Waals surface area contributed by atoms with Crippen molar-refractivity contribution in [1.29, 1.82) is 0 Å². The number of amides is 2. The zero-order valence-electron chi connectivity index (χ0n) is 12.5. The maximum atomic E-state index is 12.1. The van der Waals surface area contributed by atoms with E-state index in [4.69, 9.17) is 10.5 Å². The second kappa shape index (κ2) is 7.51. The van der Waals surface area contributed by atoms with Crippen LogP contribution in [0.15, 0.2) is 22.7 Å². The number of anilines is 1. The van der Waals surface area contributed by atoms with Crippen molar-refractivity contribution in [2.45, 2.75) is 18.9 Å². The average molecular weight is 405 g/mol. The summed E-state index contributed by atoms with van der Waals surface area (Å²) < 4.78 is 6.25. The Kier molecular flexibility index (Phi) is 5.89. The minimum atomic E-state index is -0.225. The van der Waals surface area contributed by atoms with Gasteiger partial charge in [0.2, 0.25) is 5.91 Å². The Hall–Kier alpha value is -1.31. The summed E-state index contributed by atoms with van der Waals surface area (Å²) in [6, 6.07) is 5.37. The van der Waals surface area contributed by atoms with E-state index in [1.165, 1.54) is 4.90 Å². The Morgan fingerprint density at radius 2 is 2.22 bits per heavy atom. The van der Waals surface area contributed by atoms with Crippen molar-refractivity contribution >= 4 is 45.8 Å². The Bertz CT molecular complexity index is 610. The molecule has 1 heterocycles. The third kappa shape index (κ3) is 4.37. The van der Waals surface area contributed by atoms with Gasteiger partial charge in [0.1, 0.15) is 12.3 Å². The van der Waals surface area contributed by atoms with Gasteiger partial charge in [0.25, 0.3) is 5.91 Å². The predicted octanol–water partition coefficient (Wildman–Crippen LogP) is 1.45. The number of nitrogens with two attached hydrogens (primary N) is 1. The predicted molar refractivity (Wildman–Crippen MR) is 92.9 cm³/mol. The van der Waals surface area contributed by atoms with Crippen LogP contribution in [0.3, 0.4) is 0 Å². The number of carbonyl (C=O) groups is 2. The van der Waals surface area contributed by atoms with E-state index >= 15 is 0 Å². The maximum Gasteiger partial charge on any atom is 0.265 e. The number of benzene rings is 1. The minimum Gasteiger partial charge on any atom is -0.482 e. The third-order valence-electron chi connectivity index (χ3n) is 3.93. The molecule has 23 heavy (non-hydrogen) atoms. The van der Waals surface area contributed by atoms with Crippen molar-refractivity contribution in [2.75, 3.05) is 24.6 Å². The monoisotopic (exact) mass is 403 g/mol. The molecule has 1 aromatic carbocycles. The van der Waals surface area contributed by atoms with Gasteiger partial charge >= 0.3 is 0 Å². The van der Waals surface area contributed by atoms with Gasteiger partial charge in [-0.15, -0.1) is 12.4 Å². The standard InChI is InChI=1S/C15H18BrN3O3.ClH/c16-10-3-4-12-13(5-10)22-8-15(21)19(12)7-14(20)18-6-11(17)9-1-2-9;/h3-5,9,11H,1-2,6-8,17H2,(H,18,20);1H. The molecular weight excluding hydrogens is 386 g/mol. The number of nitrogens with one attached hydrogen (secondary N) is 1. The highest BCUT2D eigenvalue weighted by molar-refractivity contribution is 9.10. The number of carbonyl (C=O) groups excluding carboxylic acids is 2. The van der Waals surface area contributed by atoms with Gasteiger partial charge in [-0.25, -0.2) is 0 Å². The Morgan fingerprint density at radius 3 is 2.91 bits per heavy atom. The van der Waals surface area contributed by atoms with Crippen LogP contribution in [0.25, 0.3) is 0 Å². The van der Waals surface area contributed by atoms with E-state index in [9.17, 15) is 9.59 Å². The lowest BCUT2D eigenvalue weighted by Gasteiger charge is -2.29. The number of ether oxygens (including phenoxy) is 1. The molecule has 1 aromatic rings. The molecule has 1 aliphatic carbocycles. The summed E-state index contributed by atoms with van der Waals surface area (Å²) in [5.41, 5.74) is 6.57. The van der Waals surface area contributed by atoms with Crippen LogP contribution in [0, 0.1) is 5.92 Å². The van der Waals surface area contributed by atoms with Crippen LogP contribution in [0.2, 0.25) is 0 Å². The molecule has 1 atom stereocenters. The van der Waals surface area contributed by atoms with Gasteiger partial charge in [0.15, 0.2) is 6.61 Å². The normalized spacial score (nSPS) is 17.7. The Labute approximate surface area is 149 Å². The van der Waals surface area contributed by atoms with E-state index in [-0.39, 0.29) is 43.4 Å². The summed E-state index contributed by atoms with van der Waals surface area (Å²) in [6.07, 6.45) is 2.28. The largest absolute Gasteiger partial charge is 0.482 e. The summed E-state index contributed by atoms with van der Waals surface area (Å²) in [6.45, 7) is 0.377. The molecule has 8 heteroatoms. The second-order valence-electron chi connectivity index (χ2n) is 5.69. The summed E-state index contributed by atoms with van der Waals surface area (Å²) in [7, 11) is 0. The molecule has 3 N–H and O–H groups in total. The van der Waals surface area contributed by atoms with Gasteiger partial charge in [-0.05, 0) is 37.0 Å². The first-order chi connectivity index (χ1) is 10.5. The van der Waals surface area contributed by atoms with E-state index in [0.29, 0.717) is 23.9 Å². The highest BCUT2D eigenvalue weighted by Gasteiger charge is 2.30. The van der Waals surface area contributed by atoms with E-state index in [2.05, 4.69) is 21.2 Å². The minimum absolute atomic E-state index is 0. The molecule has 1 fully saturated rings. The first-order valence-electron chi connectivity index (χ1n) is 7.29. The van der Waals surface area contributed by atoms with Crippen LogP contribution in [0.4, 0.5) is 5.69 Å². The maximum absolute atomic E-state index is 12.1. The number of hydrogen-bond donors (Lipinski definition) is 2. The molecule has 0 saturated heterocycles. The number of nitrogens with zero attached hydrogens (tertiary/aromatic N) is 1. The van der Waals surface area contributed by atoms with Crippen LogP contribution in [0.1, 0.15) is 12.8 Å². The van der Waals surface area contributed by atoms with Crippen LogP contribution in [-0.4, -0.2) is 37.6 Å². The van der Waals surface area contributed by atoms with Crippen LogP contribution < -0.4 is 20.7 Å². The van der Waals surface area contributed by atoms with E-state index in [1.54, 1.807) is 12.1 Å². The van der Waals surface area contributed by atoms with Crippen molar-refractivity contribution < 1.29 is 14.3 Å². The first kappa shape index (κ1) is 18.0. The Morgan fingerprint density at radius 1 is 1.48 bits per heavy atom. The van der Waals surface area contributed by atoms with Crippen molar-refractivity contribution in [3.8, 4) is 5.75 Å². The molecule has 2 amide bonds. The lowest BCUT2D eigenvalue weighted by atomic mass is 10.2. The van der Waals surface area contributed by atoms with Crippen molar-refractivity contribution in [1.82, 2.24) is 5.32 Å². The van der Waals surface area contributed by atoms with Crippen molar-refractivity contribution in [2.24, 2.45) is 11.7 Å². The van der Waals surface area contributed by atoms with Crippen molar-refractivity contribution in [3.05, 3.63) is 22.7 Å². The number of fused-ring (bicyclic) bond motifs is 1. The lowest BCUT2D eigenvalue weighted by molar-refractivity contribution is -0.125. The summed E-state index contributed by atoms with van der Waals surface area (Å²) in [5, 5.41) is 2.81. The van der Waals surface area contributed by atoms with E-state index in [0.717, 1.165) is 17.3 Å². The molecule has 1 aliphatic heterocycles. The molecule has 3 rings (SSSR count). The van der Waals surface area contributed by atoms with Crippen LogP contribution >= 0.6 is 28.3 Å². The third-order valence-corrected chi connectivity index (χ3v) is 4.42. The fourth-order valence-electron chi connectivity index (χ4n) is 2.47. The van der Waals surface area contributed by atoms with Gasteiger partial charge in [0, 0.05) is 17.1 Å². The smallest absolute Gasteiger partial charge is 0.265 e. The molecule has 0 radical (unpaired) electrons. The SMILES string of the molecule is Cl.NC(CNC(=O)CN1C(=O)COc2cc(Br)ccc21)C1CC1. The number of hydrogen-bond acceptors (Lipinski definition) is 4. The highest BCUT2D eigenvalue weighted by atomic mass is 79.9. The van der Waals surface area contributed by atoms with E-state index < -0.39 is 0 Å². The van der Waals surface area contributed by atoms with Gasteiger partial charge in [-0.1, -0.05) is 15.9 Å². The Balaban J connectivity index is 0.00000192. The highest BCUT2D eigenvalue weighted by Crippen LogP contribution is 2.34. The van der Waals surface area contributed by atoms with E-state index in [1.807, 2.05) is 6.07 Å². The van der Waals surface area contributed by atoms with Gasteiger partial charge in [0.05, 0.1) is 5.69 Å². The summed E-state index contributed by atoms with van der Waals surface area (Å²) >= 11 is 3.36. The van der Waals surface area contributed by atoms with Crippen LogP contribution in [0.5, 0.6) is 5.75 Å². The molecule has 2 aliphatic rings. The first-order valence-corrected chi connectivity index (χ1v) is 8.09. The zero-order valence-corrected chi connectivity index (χ0v) is 14.9. The van der Waals surface area contributed by atoms with Crippen LogP contribution in [-0.2, 0) is 9.59 Å². The molecule has 6 nitrogen and oxygen atoms in total. The fraction of sp³-hybridized carbons (Fsp3) is 0.467. The zero-order chi connectivity index (χ0) is 15.7. The van der Waals surface area contributed by atoms with Crippen molar-refractivity contribution in [3.63, 3.8) is 0 Å². The molecule has 0 bridgehead atoms. The average Bonchev–Trinajstić information content (AvgIpc) is 3.32. The topological polar surface area (TPSA) is 84.7 Å². The second-order valence-corrected chi connectivity index (χ2v) is 6.60. The molecular formula is C15H19BrClN3O3. The van der Waals surface area contributed by atoms with Gasteiger partial charge in [-0.2, -0.15) is 0 Å². The summed E-state index contributed by atoms with van der Waals surface area (Å²) in [5.74, 6) is 0.691. The molecule has 0 spiro atoms. The summed E-state index contributed by atoms with van der Waals surface area (Å²) in [4.78, 5) is 25.5. The quantitative estimate of drug-likeness (QED) is 0.778. The fourth-order valence-corrected chi connectivity index (χ4v) is 2.81. The lowest BCUT2D eigenvalue weighted by Crippen LogP contribution is -2.47. The molecule has 1 unspecified atom stereocenters.